The molecule has 0 bridgehead atoms. The average Bonchev–Trinajstić information content (AvgIpc) is 3.41. The van der Waals surface area contributed by atoms with Gasteiger partial charge in [-0.05, 0) is 88.1 Å². The maximum Gasteiger partial charge on any atom is 0.0111 e. The fraction of sp³-hybridized carbons (Fsp3) is 1.00. The Labute approximate surface area is 124 Å². The molecule has 0 aromatic rings. The molecule has 114 valence electrons. The first-order valence-electron chi connectivity index (χ1n) is 9.38. The van der Waals surface area contributed by atoms with Gasteiger partial charge in [0.2, 0.25) is 0 Å². The van der Waals surface area contributed by atoms with Crippen molar-refractivity contribution in [1.29, 1.82) is 0 Å². The maximum absolute atomic E-state index is 4.05. The van der Waals surface area contributed by atoms with E-state index in [1.165, 1.54) is 77.3 Å². The minimum Gasteiger partial charge on any atom is -0.314 e. The standard InChI is InChI=1S/C18H32N2/c1-2-5-18(15(4-1)17-6-3-11-19-17)20-12-16(13-7-8-13)14-9-10-14/h13-20H,1-12H2. The molecule has 1 saturated heterocycles. The Balaban J connectivity index is 1.32. The predicted octanol–water partition coefficient (Wildman–Crippen LogP) is 3.32. The largest absolute Gasteiger partial charge is 0.314 e. The second-order valence-corrected chi connectivity index (χ2v) is 8.00. The zero-order valence-electron chi connectivity index (χ0n) is 12.9. The summed E-state index contributed by atoms with van der Waals surface area (Å²) in [6.07, 6.45) is 14.8. The molecular formula is C18H32N2. The van der Waals surface area contributed by atoms with Crippen LogP contribution in [0.1, 0.15) is 64.2 Å². The van der Waals surface area contributed by atoms with Gasteiger partial charge in [-0.2, -0.15) is 0 Å². The molecule has 0 aromatic heterocycles. The summed E-state index contributed by atoms with van der Waals surface area (Å²) >= 11 is 0. The van der Waals surface area contributed by atoms with Gasteiger partial charge in [-0.25, -0.2) is 0 Å². The lowest BCUT2D eigenvalue weighted by atomic mass is 9.79. The van der Waals surface area contributed by atoms with E-state index in [4.69, 9.17) is 0 Å². The summed E-state index contributed by atoms with van der Waals surface area (Å²) in [5, 5.41) is 7.83. The van der Waals surface area contributed by atoms with Gasteiger partial charge in [0.25, 0.3) is 0 Å². The third kappa shape index (κ3) is 3.06. The van der Waals surface area contributed by atoms with Crippen molar-refractivity contribution in [2.24, 2.45) is 23.7 Å². The summed E-state index contributed by atoms with van der Waals surface area (Å²) in [6.45, 7) is 2.60. The maximum atomic E-state index is 4.05. The van der Waals surface area contributed by atoms with Crippen LogP contribution in [-0.4, -0.2) is 25.2 Å². The molecule has 4 rings (SSSR count). The summed E-state index contributed by atoms with van der Waals surface area (Å²) in [5.41, 5.74) is 0. The van der Waals surface area contributed by atoms with E-state index < -0.39 is 0 Å². The first kappa shape index (κ1) is 13.6. The van der Waals surface area contributed by atoms with Crippen LogP contribution in [-0.2, 0) is 0 Å². The zero-order valence-corrected chi connectivity index (χ0v) is 12.9. The Morgan fingerprint density at radius 1 is 0.850 bits per heavy atom. The Morgan fingerprint density at radius 3 is 2.25 bits per heavy atom. The molecule has 3 aliphatic carbocycles. The second-order valence-electron chi connectivity index (χ2n) is 8.00. The van der Waals surface area contributed by atoms with Crippen LogP contribution in [0.25, 0.3) is 0 Å². The van der Waals surface area contributed by atoms with E-state index in [2.05, 4.69) is 10.6 Å². The molecule has 20 heavy (non-hydrogen) atoms. The van der Waals surface area contributed by atoms with Gasteiger partial charge in [0.05, 0.1) is 0 Å². The third-order valence-electron chi connectivity index (χ3n) is 6.51. The van der Waals surface area contributed by atoms with Gasteiger partial charge in [0.1, 0.15) is 0 Å². The molecule has 4 fully saturated rings. The van der Waals surface area contributed by atoms with Crippen molar-refractivity contribution >= 4 is 0 Å². The smallest absolute Gasteiger partial charge is 0.0111 e. The molecule has 0 spiro atoms. The van der Waals surface area contributed by atoms with Crippen molar-refractivity contribution in [3.63, 3.8) is 0 Å². The van der Waals surface area contributed by atoms with Crippen LogP contribution in [0.15, 0.2) is 0 Å². The lowest BCUT2D eigenvalue weighted by molar-refractivity contribution is 0.202. The quantitative estimate of drug-likeness (QED) is 0.777. The average molecular weight is 276 g/mol. The van der Waals surface area contributed by atoms with Crippen molar-refractivity contribution in [2.45, 2.75) is 76.3 Å². The minimum atomic E-state index is 0.819. The number of rotatable bonds is 6. The fourth-order valence-electron chi connectivity index (χ4n) is 5.03. The van der Waals surface area contributed by atoms with Gasteiger partial charge in [-0.1, -0.05) is 12.8 Å². The molecule has 2 heteroatoms. The molecule has 0 aromatic carbocycles. The first-order chi connectivity index (χ1) is 9.92. The van der Waals surface area contributed by atoms with Crippen molar-refractivity contribution in [3.8, 4) is 0 Å². The Hall–Kier alpha value is -0.0800. The molecular weight excluding hydrogens is 244 g/mol. The molecule has 3 saturated carbocycles. The van der Waals surface area contributed by atoms with E-state index in [0.717, 1.165) is 35.8 Å². The van der Waals surface area contributed by atoms with E-state index in [-0.39, 0.29) is 0 Å². The monoisotopic (exact) mass is 276 g/mol. The SMILES string of the molecule is C1CNC(C2CCCCC2NCC(C2CC2)C2CC2)C1. The molecule has 4 aliphatic rings. The number of hydrogen-bond donors (Lipinski definition) is 2. The Kier molecular flexibility index (Phi) is 4.05. The van der Waals surface area contributed by atoms with Crippen LogP contribution in [0.4, 0.5) is 0 Å². The van der Waals surface area contributed by atoms with E-state index in [1.54, 1.807) is 0 Å². The highest BCUT2D eigenvalue weighted by Gasteiger charge is 2.42. The highest BCUT2D eigenvalue weighted by atomic mass is 15.0. The summed E-state index contributed by atoms with van der Waals surface area (Å²) in [6, 6.07) is 1.65. The lowest BCUT2D eigenvalue weighted by Gasteiger charge is -2.37. The first-order valence-corrected chi connectivity index (χ1v) is 9.38. The van der Waals surface area contributed by atoms with Crippen LogP contribution in [0.5, 0.6) is 0 Å². The molecule has 3 unspecified atom stereocenters. The fourth-order valence-corrected chi connectivity index (χ4v) is 5.03. The van der Waals surface area contributed by atoms with Gasteiger partial charge in [-0.15, -0.1) is 0 Å². The van der Waals surface area contributed by atoms with Gasteiger partial charge in [0, 0.05) is 12.1 Å². The van der Waals surface area contributed by atoms with Crippen molar-refractivity contribution < 1.29 is 0 Å². The van der Waals surface area contributed by atoms with Gasteiger partial charge in [0.15, 0.2) is 0 Å². The van der Waals surface area contributed by atoms with E-state index in [1.807, 2.05) is 0 Å². The van der Waals surface area contributed by atoms with Crippen LogP contribution >= 0.6 is 0 Å². The highest BCUT2D eigenvalue weighted by molar-refractivity contribution is 4.95. The van der Waals surface area contributed by atoms with E-state index >= 15 is 0 Å². The van der Waals surface area contributed by atoms with Crippen LogP contribution < -0.4 is 10.6 Å². The van der Waals surface area contributed by atoms with Crippen LogP contribution in [0.2, 0.25) is 0 Å². The van der Waals surface area contributed by atoms with Crippen molar-refractivity contribution in [1.82, 2.24) is 10.6 Å². The van der Waals surface area contributed by atoms with Crippen molar-refractivity contribution in [2.75, 3.05) is 13.1 Å². The van der Waals surface area contributed by atoms with Crippen LogP contribution in [0.3, 0.4) is 0 Å². The third-order valence-corrected chi connectivity index (χ3v) is 6.51. The minimum absolute atomic E-state index is 0.819. The molecule has 0 radical (unpaired) electrons. The predicted molar refractivity (Wildman–Crippen MR) is 83.7 cm³/mol. The zero-order chi connectivity index (χ0) is 13.4. The second kappa shape index (κ2) is 5.96. The summed E-state index contributed by atoms with van der Waals surface area (Å²) in [5.74, 6) is 4.16. The highest BCUT2D eigenvalue weighted by Crippen LogP contribution is 2.49. The molecule has 0 amide bonds. The van der Waals surface area contributed by atoms with Gasteiger partial charge in [-0.3, -0.25) is 0 Å². The lowest BCUT2D eigenvalue weighted by Crippen LogP contribution is -2.48. The molecule has 1 heterocycles. The Bertz CT molecular complexity index is 303. The normalized spacial score (nSPS) is 38.5. The number of hydrogen-bond acceptors (Lipinski definition) is 2. The molecule has 3 atom stereocenters. The summed E-state index contributed by atoms with van der Waals surface area (Å²) in [7, 11) is 0. The Morgan fingerprint density at radius 2 is 1.60 bits per heavy atom. The number of nitrogens with one attached hydrogen (secondary N) is 2. The summed E-state index contributed by atoms with van der Waals surface area (Å²) < 4.78 is 0. The van der Waals surface area contributed by atoms with E-state index in [0.29, 0.717) is 0 Å². The molecule has 2 nitrogen and oxygen atoms in total. The summed E-state index contributed by atoms with van der Waals surface area (Å²) in [4.78, 5) is 0. The van der Waals surface area contributed by atoms with Crippen LogP contribution in [0, 0.1) is 23.7 Å². The van der Waals surface area contributed by atoms with Gasteiger partial charge < -0.3 is 10.6 Å². The molecule has 2 N–H and O–H groups in total. The molecule has 1 aliphatic heterocycles. The van der Waals surface area contributed by atoms with E-state index in [9.17, 15) is 0 Å². The van der Waals surface area contributed by atoms with Gasteiger partial charge >= 0.3 is 0 Å². The van der Waals surface area contributed by atoms with Crippen molar-refractivity contribution in [3.05, 3.63) is 0 Å². The topological polar surface area (TPSA) is 24.1 Å².